The zero-order chi connectivity index (χ0) is 16.9. The Balaban J connectivity index is 2.76. The minimum Gasteiger partial charge on any atom is -0.491 e. The van der Waals surface area contributed by atoms with Crippen LogP contribution in [0.4, 0.5) is 0 Å². The van der Waals surface area contributed by atoms with Gasteiger partial charge >= 0.3 is 0 Å². The second-order valence-corrected chi connectivity index (χ2v) is 8.21. The number of rotatable bonds is 8. The molecule has 1 unspecified atom stereocenters. The van der Waals surface area contributed by atoms with Crippen LogP contribution < -0.4 is 10.5 Å². The van der Waals surface area contributed by atoms with Crippen molar-refractivity contribution in [3.05, 3.63) is 24.3 Å². The molecule has 126 valence electrons. The van der Waals surface area contributed by atoms with Crippen LogP contribution in [0.15, 0.2) is 29.2 Å². The highest BCUT2D eigenvalue weighted by molar-refractivity contribution is 7.89. The number of nitrogens with zero attached hydrogens (tertiary/aromatic N) is 1. The van der Waals surface area contributed by atoms with E-state index in [1.54, 1.807) is 31.3 Å². The van der Waals surface area contributed by atoms with Gasteiger partial charge in [0.25, 0.3) is 0 Å². The first-order valence-electron chi connectivity index (χ1n) is 7.63. The summed E-state index contributed by atoms with van der Waals surface area (Å²) in [6, 6.07) is 6.51. The van der Waals surface area contributed by atoms with Crippen molar-refractivity contribution in [2.24, 2.45) is 11.7 Å². The molecule has 1 aromatic carbocycles. The maximum absolute atomic E-state index is 12.5. The summed E-state index contributed by atoms with van der Waals surface area (Å²) in [4.78, 5) is 0.268. The lowest BCUT2D eigenvalue weighted by Gasteiger charge is -2.21. The highest BCUT2D eigenvalue weighted by atomic mass is 32.2. The van der Waals surface area contributed by atoms with Crippen molar-refractivity contribution >= 4 is 10.0 Å². The SMILES string of the molecule is CC(C)Oc1ccc(S(=O)(=O)N(C)CCC(N)C(C)C)cc1. The molecule has 0 radical (unpaired) electrons. The van der Waals surface area contributed by atoms with Gasteiger partial charge in [-0.3, -0.25) is 0 Å². The molecule has 0 aliphatic carbocycles. The van der Waals surface area contributed by atoms with E-state index < -0.39 is 10.0 Å². The third-order valence-electron chi connectivity index (χ3n) is 3.54. The van der Waals surface area contributed by atoms with E-state index in [-0.39, 0.29) is 17.0 Å². The molecule has 0 aromatic heterocycles. The third-order valence-corrected chi connectivity index (χ3v) is 5.41. The monoisotopic (exact) mass is 328 g/mol. The first-order valence-corrected chi connectivity index (χ1v) is 9.07. The van der Waals surface area contributed by atoms with Gasteiger partial charge in [-0.05, 0) is 50.5 Å². The number of nitrogens with two attached hydrogens (primary N) is 1. The lowest BCUT2D eigenvalue weighted by atomic mass is 10.0. The average Bonchev–Trinajstić information content (AvgIpc) is 2.44. The van der Waals surface area contributed by atoms with Gasteiger partial charge in [-0.1, -0.05) is 13.8 Å². The standard InChI is InChI=1S/C16H28N2O3S/c1-12(2)16(17)10-11-18(5)22(19,20)15-8-6-14(7-9-15)21-13(3)4/h6-9,12-13,16H,10-11,17H2,1-5H3. The van der Waals surface area contributed by atoms with Crippen LogP contribution in [0.5, 0.6) is 5.75 Å². The summed E-state index contributed by atoms with van der Waals surface area (Å²) in [5, 5.41) is 0. The molecule has 0 saturated heterocycles. The Hall–Kier alpha value is -1.11. The Morgan fingerprint density at radius 1 is 1.14 bits per heavy atom. The molecule has 0 heterocycles. The minimum absolute atomic E-state index is 0.000493. The van der Waals surface area contributed by atoms with Crippen molar-refractivity contribution in [1.29, 1.82) is 0 Å². The fourth-order valence-electron chi connectivity index (χ4n) is 1.93. The first-order chi connectivity index (χ1) is 10.1. The number of hydrogen-bond acceptors (Lipinski definition) is 4. The second-order valence-electron chi connectivity index (χ2n) is 6.16. The van der Waals surface area contributed by atoms with Crippen molar-refractivity contribution in [2.45, 2.75) is 51.2 Å². The van der Waals surface area contributed by atoms with E-state index in [1.165, 1.54) is 4.31 Å². The molecule has 0 saturated carbocycles. The number of benzene rings is 1. The van der Waals surface area contributed by atoms with Crippen molar-refractivity contribution in [3.8, 4) is 5.75 Å². The van der Waals surface area contributed by atoms with E-state index in [1.807, 2.05) is 27.7 Å². The normalized spacial score (nSPS) is 13.9. The van der Waals surface area contributed by atoms with Gasteiger partial charge in [0.1, 0.15) is 5.75 Å². The fourth-order valence-corrected chi connectivity index (χ4v) is 3.11. The van der Waals surface area contributed by atoms with Gasteiger partial charge in [0, 0.05) is 19.6 Å². The van der Waals surface area contributed by atoms with Gasteiger partial charge in [0.15, 0.2) is 0 Å². The van der Waals surface area contributed by atoms with Crippen LogP contribution in [-0.2, 0) is 10.0 Å². The van der Waals surface area contributed by atoms with Crippen LogP contribution >= 0.6 is 0 Å². The Kier molecular flexibility index (Phi) is 6.84. The van der Waals surface area contributed by atoms with Gasteiger partial charge in [0.2, 0.25) is 10.0 Å². The first kappa shape index (κ1) is 18.9. The topological polar surface area (TPSA) is 72.6 Å². The van der Waals surface area contributed by atoms with Gasteiger partial charge in [-0.2, -0.15) is 0 Å². The molecule has 0 fully saturated rings. The average molecular weight is 328 g/mol. The summed E-state index contributed by atoms with van der Waals surface area (Å²) in [7, 11) is -1.90. The molecular weight excluding hydrogens is 300 g/mol. The largest absolute Gasteiger partial charge is 0.491 e. The van der Waals surface area contributed by atoms with Crippen molar-refractivity contribution < 1.29 is 13.2 Å². The molecule has 6 heteroatoms. The minimum atomic E-state index is -3.48. The maximum atomic E-state index is 12.5. The van der Waals surface area contributed by atoms with E-state index in [2.05, 4.69) is 0 Å². The summed E-state index contributed by atoms with van der Waals surface area (Å²) >= 11 is 0. The third kappa shape index (κ3) is 5.26. The number of ether oxygens (including phenoxy) is 1. The molecule has 1 rings (SSSR count). The molecule has 0 aliphatic rings. The van der Waals surface area contributed by atoms with Crippen LogP contribution in [0.2, 0.25) is 0 Å². The highest BCUT2D eigenvalue weighted by Gasteiger charge is 2.21. The molecule has 1 atom stereocenters. The zero-order valence-electron chi connectivity index (χ0n) is 14.1. The van der Waals surface area contributed by atoms with Crippen LogP contribution in [0, 0.1) is 5.92 Å². The Bertz CT molecular complexity index is 553. The summed E-state index contributed by atoms with van der Waals surface area (Å²) < 4.78 is 31.9. The van der Waals surface area contributed by atoms with Gasteiger partial charge in [0.05, 0.1) is 11.0 Å². The predicted molar refractivity (Wildman–Crippen MR) is 89.5 cm³/mol. The van der Waals surface area contributed by atoms with Crippen LogP contribution in [-0.4, -0.2) is 38.5 Å². The molecule has 0 bridgehead atoms. The fraction of sp³-hybridized carbons (Fsp3) is 0.625. The van der Waals surface area contributed by atoms with E-state index in [4.69, 9.17) is 10.5 Å². The smallest absolute Gasteiger partial charge is 0.242 e. The van der Waals surface area contributed by atoms with E-state index in [0.29, 0.717) is 24.6 Å². The number of hydrogen-bond donors (Lipinski definition) is 1. The molecule has 22 heavy (non-hydrogen) atoms. The summed E-state index contributed by atoms with van der Waals surface area (Å²) in [6.45, 7) is 8.33. The zero-order valence-corrected chi connectivity index (χ0v) is 14.9. The quantitative estimate of drug-likeness (QED) is 0.795. The molecule has 0 aliphatic heterocycles. The Morgan fingerprint density at radius 2 is 1.68 bits per heavy atom. The predicted octanol–water partition coefficient (Wildman–Crippen LogP) is 2.47. The van der Waals surface area contributed by atoms with Gasteiger partial charge in [-0.15, -0.1) is 0 Å². The molecule has 5 nitrogen and oxygen atoms in total. The second kappa shape index (κ2) is 7.94. The summed E-state index contributed by atoms with van der Waals surface area (Å²) in [5.74, 6) is 1.00. The molecule has 0 spiro atoms. The molecule has 1 aromatic rings. The number of sulfonamides is 1. The van der Waals surface area contributed by atoms with Crippen molar-refractivity contribution in [1.82, 2.24) is 4.31 Å². The molecule has 2 N–H and O–H groups in total. The summed E-state index contributed by atoms with van der Waals surface area (Å²) in [6.07, 6.45) is 0.699. The van der Waals surface area contributed by atoms with Crippen LogP contribution in [0.1, 0.15) is 34.1 Å². The Morgan fingerprint density at radius 3 is 2.14 bits per heavy atom. The Labute approximate surface area is 134 Å². The lowest BCUT2D eigenvalue weighted by Crippen LogP contribution is -2.34. The maximum Gasteiger partial charge on any atom is 0.242 e. The van der Waals surface area contributed by atoms with E-state index in [9.17, 15) is 8.42 Å². The van der Waals surface area contributed by atoms with Crippen LogP contribution in [0.25, 0.3) is 0 Å². The van der Waals surface area contributed by atoms with Crippen LogP contribution in [0.3, 0.4) is 0 Å². The van der Waals surface area contributed by atoms with Crippen molar-refractivity contribution in [3.63, 3.8) is 0 Å². The highest BCUT2D eigenvalue weighted by Crippen LogP contribution is 2.20. The van der Waals surface area contributed by atoms with Crippen molar-refractivity contribution in [2.75, 3.05) is 13.6 Å². The van der Waals surface area contributed by atoms with E-state index >= 15 is 0 Å². The van der Waals surface area contributed by atoms with E-state index in [0.717, 1.165) is 0 Å². The lowest BCUT2D eigenvalue weighted by molar-refractivity contribution is 0.242. The molecular formula is C16H28N2O3S. The summed E-state index contributed by atoms with van der Waals surface area (Å²) in [5.41, 5.74) is 5.97. The molecule has 0 amide bonds. The van der Waals surface area contributed by atoms with Gasteiger partial charge in [-0.25, -0.2) is 12.7 Å². The van der Waals surface area contributed by atoms with Gasteiger partial charge < -0.3 is 10.5 Å².